The number of rotatable bonds is 5. The molecule has 3 aromatic heterocycles. The Morgan fingerprint density at radius 3 is 2.64 bits per heavy atom. The minimum atomic E-state index is -1.05. The number of fused-ring (bicyclic) bond motifs is 1. The molecule has 5 rings (SSSR count). The lowest BCUT2D eigenvalue weighted by Gasteiger charge is -2.45. The topological polar surface area (TPSA) is 80.4 Å². The van der Waals surface area contributed by atoms with Gasteiger partial charge in [-0.25, -0.2) is 0 Å². The number of hydrogen-bond acceptors (Lipinski definition) is 4. The predicted molar refractivity (Wildman–Crippen MR) is 124 cm³/mol. The van der Waals surface area contributed by atoms with Crippen molar-refractivity contribution in [2.75, 3.05) is 0 Å². The number of nitrogens with zero attached hydrogens (tertiary/aromatic N) is 3. The molecule has 33 heavy (non-hydrogen) atoms. The molecule has 0 bridgehead atoms. The van der Waals surface area contributed by atoms with Gasteiger partial charge in [0.1, 0.15) is 17.0 Å². The van der Waals surface area contributed by atoms with Crippen LogP contribution in [0.1, 0.15) is 55.6 Å². The molecule has 2 aliphatic rings. The van der Waals surface area contributed by atoms with Gasteiger partial charge in [-0.2, -0.15) is 0 Å². The van der Waals surface area contributed by atoms with E-state index in [1.807, 2.05) is 47.9 Å². The molecule has 172 valence electrons. The fourth-order valence-corrected chi connectivity index (χ4v) is 5.08. The molecule has 1 fully saturated rings. The van der Waals surface area contributed by atoms with Crippen LogP contribution in [-0.4, -0.2) is 37.8 Å². The van der Waals surface area contributed by atoms with Crippen molar-refractivity contribution in [1.82, 2.24) is 19.8 Å². The van der Waals surface area contributed by atoms with Crippen molar-refractivity contribution in [2.24, 2.45) is 5.92 Å². The van der Waals surface area contributed by atoms with Gasteiger partial charge in [-0.05, 0) is 74.4 Å². The van der Waals surface area contributed by atoms with Crippen molar-refractivity contribution in [3.05, 3.63) is 66.3 Å². The first-order chi connectivity index (χ1) is 16.0. The highest BCUT2D eigenvalue weighted by atomic mass is 16.3. The van der Waals surface area contributed by atoms with Gasteiger partial charge >= 0.3 is 0 Å². The van der Waals surface area contributed by atoms with E-state index in [-0.39, 0.29) is 17.9 Å². The Morgan fingerprint density at radius 1 is 1.15 bits per heavy atom. The molecule has 1 aliphatic heterocycles. The number of carbonyl (C=O) groups excluding carboxylic acids is 2. The maximum atomic E-state index is 13.8. The number of hydrogen-bond donors (Lipinski definition) is 1. The number of nitrogens with one attached hydrogen (secondary N) is 1. The fourth-order valence-electron chi connectivity index (χ4n) is 5.08. The van der Waals surface area contributed by atoms with E-state index in [1.54, 1.807) is 23.6 Å². The fraction of sp³-hybridized carbons (Fsp3) is 0.423. The van der Waals surface area contributed by atoms with Crippen molar-refractivity contribution in [3.63, 3.8) is 0 Å². The molecule has 1 N–H and O–H groups in total. The molecule has 0 aromatic carbocycles. The van der Waals surface area contributed by atoms with Crippen LogP contribution < -0.4 is 5.32 Å². The van der Waals surface area contributed by atoms with E-state index in [0.29, 0.717) is 30.5 Å². The molecule has 0 saturated heterocycles. The van der Waals surface area contributed by atoms with Crippen LogP contribution in [0.2, 0.25) is 0 Å². The highest BCUT2D eigenvalue weighted by Crippen LogP contribution is 2.35. The zero-order chi connectivity index (χ0) is 23.0. The van der Waals surface area contributed by atoms with Gasteiger partial charge in [-0.1, -0.05) is 13.0 Å². The van der Waals surface area contributed by atoms with Crippen molar-refractivity contribution in [3.8, 4) is 11.5 Å². The van der Waals surface area contributed by atoms with E-state index < -0.39 is 5.54 Å². The monoisotopic (exact) mass is 446 g/mol. The Balaban J connectivity index is 1.50. The van der Waals surface area contributed by atoms with Gasteiger partial charge in [-0.15, -0.1) is 0 Å². The molecule has 0 unspecified atom stereocenters. The van der Waals surface area contributed by atoms with Crippen LogP contribution >= 0.6 is 0 Å². The van der Waals surface area contributed by atoms with Gasteiger partial charge in [0, 0.05) is 25.0 Å². The summed E-state index contributed by atoms with van der Waals surface area (Å²) in [7, 11) is 0. The molecule has 4 heterocycles. The third-order valence-corrected chi connectivity index (χ3v) is 7.18. The van der Waals surface area contributed by atoms with Gasteiger partial charge in [0.05, 0.1) is 18.5 Å². The molecular weight excluding hydrogens is 416 g/mol. The summed E-state index contributed by atoms with van der Waals surface area (Å²) in [4.78, 5) is 33.4. The first-order valence-electron chi connectivity index (χ1n) is 11.7. The number of pyridine rings is 1. The van der Waals surface area contributed by atoms with Crippen LogP contribution in [0.5, 0.6) is 0 Å². The minimum absolute atomic E-state index is 0.107. The van der Waals surface area contributed by atoms with Crippen LogP contribution in [0.4, 0.5) is 0 Å². The number of furan rings is 1. The molecular formula is C26H30N4O3. The smallest absolute Gasteiger partial charge is 0.271 e. The van der Waals surface area contributed by atoms with Crippen molar-refractivity contribution >= 4 is 11.8 Å². The first-order valence-corrected chi connectivity index (χ1v) is 11.7. The highest BCUT2D eigenvalue weighted by molar-refractivity contribution is 6.00. The lowest BCUT2D eigenvalue weighted by molar-refractivity contribution is -0.134. The average Bonchev–Trinajstić information content (AvgIpc) is 3.49. The summed E-state index contributed by atoms with van der Waals surface area (Å²) in [5.74, 6) is 1.10. The zero-order valence-corrected chi connectivity index (χ0v) is 19.2. The summed E-state index contributed by atoms with van der Waals surface area (Å²) in [6.45, 7) is 4.81. The van der Waals surface area contributed by atoms with Gasteiger partial charge in [-0.3, -0.25) is 14.6 Å². The summed E-state index contributed by atoms with van der Waals surface area (Å²) in [6.07, 6.45) is 9.26. The second kappa shape index (κ2) is 8.54. The summed E-state index contributed by atoms with van der Waals surface area (Å²) >= 11 is 0. The third kappa shape index (κ3) is 3.96. The first kappa shape index (κ1) is 21.5. The molecule has 1 aliphatic carbocycles. The maximum absolute atomic E-state index is 13.8. The van der Waals surface area contributed by atoms with Crippen LogP contribution in [0.15, 0.2) is 59.5 Å². The lowest BCUT2D eigenvalue weighted by atomic mass is 9.86. The second-order valence-electron chi connectivity index (χ2n) is 9.62. The van der Waals surface area contributed by atoms with Crippen LogP contribution in [0.25, 0.3) is 11.5 Å². The average molecular weight is 447 g/mol. The predicted octanol–water partition coefficient (Wildman–Crippen LogP) is 4.25. The van der Waals surface area contributed by atoms with Gasteiger partial charge < -0.3 is 19.2 Å². The minimum Gasteiger partial charge on any atom is -0.463 e. The van der Waals surface area contributed by atoms with E-state index in [9.17, 15) is 9.59 Å². The standard InChI is InChI=1S/C26H30N4O3/c1-18-7-9-20(10-8-18)28-25(32)26(2)17-29-21(23-6-4-14-33-23)11-12-22(29)24(31)30(26)16-19-5-3-13-27-15-19/h3-6,11-15,18,20H,7-10,16-17H2,1-2H3,(H,28,32)/t18?,20?,26-/m1/s1. The molecule has 3 aromatic rings. The quantitative estimate of drug-likeness (QED) is 0.635. The molecule has 0 spiro atoms. The van der Waals surface area contributed by atoms with E-state index >= 15 is 0 Å². The summed E-state index contributed by atoms with van der Waals surface area (Å²) in [5, 5.41) is 3.28. The van der Waals surface area contributed by atoms with Gasteiger partial charge in [0.2, 0.25) is 5.91 Å². The van der Waals surface area contributed by atoms with Crippen molar-refractivity contribution < 1.29 is 14.0 Å². The summed E-state index contributed by atoms with van der Waals surface area (Å²) < 4.78 is 7.53. The molecule has 1 saturated carbocycles. The Morgan fingerprint density at radius 2 is 1.94 bits per heavy atom. The Bertz CT molecular complexity index is 1130. The van der Waals surface area contributed by atoms with Crippen molar-refractivity contribution in [2.45, 2.75) is 64.2 Å². The largest absolute Gasteiger partial charge is 0.463 e. The van der Waals surface area contributed by atoms with Crippen LogP contribution in [-0.2, 0) is 17.9 Å². The van der Waals surface area contributed by atoms with E-state index in [0.717, 1.165) is 36.9 Å². The van der Waals surface area contributed by atoms with Gasteiger partial charge in [0.15, 0.2) is 0 Å². The molecule has 7 heteroatoms. The number of aromatic nitrogens is 2. The highest BCUT2D eigenvalue weighted by Gasteiger charge is 2.48. The SMILES string of the molecule is CC1CCC(NC(=O)[C@@]2(C)Cn3c(ccc3-c3ccco3)C(=O)N2Cc2cccnc2)CC1. The van der Waals surface area contributed by atoms with E-state index in [1.165, 1.54) is 0 Å². The molecule has 1 atom stereocenters. The van der Waals surface area contributed by atoms with E-state index in [2.05, 4.69) is 17.2 Å². The normalized spacial score (nSPS) is 25.0. The Hall–Kier alpha value is -3.35. The van der Waals surface area contributed by atoms with Crippen LogP contribution in [0, 0.1) is 5.92 Å². The van der Waals surface area contributed by atoms with Gasteiger partial charge in [0.25, 0.3) is 5.91 Å². The zero-order valence-electron chi connectivity index (χ0n) is 19.2. The van der Waals surface area contributed by atoms with Crippen molar-refractivity contribution in [1.29, 1.82) is 0 Å². The number of amides is 2. The Kier molecular flexibility index (Phi) is 5.56. The Labute approximate surface area is 193 Å². The van der Waals surface area contributed by atoms with Crippen LogP contribution in [0.3, 0.4) is 0 Å². The van der Waals surface area contributed by atoms with E-state index in [4.69, 9.17) is 4.42 Å². The summed E-state index contributed by atoms with van der Waals surface area (Å²) in [5.41, 5.74) is 1.20. The maximum Gasteiger partial charge on any atom is 0.271 e. The third-order valence-electron chi connectivity index (χ3n) is 7.18. The second-order valence-corrected chi connectivity index (χ2v) is 9.62. The molecule has 2 amide bonds. The molecule has 0 radical (unpaired) electrons. The summed E-state index contributed by atoms with van der Waals surface area (Å²) in [6, 6.07) is 11.3. The molecule has 7 nitrogen and oxygen atoms in total. The number of carbonyl (C=O) groups is 2. The lowest BCUT2D eigenvalue weighted by Crippen LogP contribution is -2.64.